The van der Waals surface area contributed by atoms with E-state index in [4.69, 9.17) is 0 Å². The molecule has 1 atom stereocenters. The predicted molar refractivity (Wildman–Crippen MR) is 123 cm³/mol. The quantitative estimate of drug-likeness (QED) is 0.609. The molecule has 3 aliphatic rings. The zero-order valence-corrected chi connectivity index (χ0v) is 19.1. The van der Waals surface area contributed by atoms with Crippen molar-refractivity contribution in [3.05, 3.63) is 35.4 Å². The number of benzene rings is 1. The van der Waals surface area contributed by atoms with Gasteiger partial charge in [-0.15, -0.1) is 0 Å². The van der Waals surface area contributed by atoms with Crippen molar-refractivity contribution >= 4 is 17.8 Å². The molecule has 1 saturated carbocycles. The van der Waals surface area contributed by atoms with E-state index in [2.05, 4.69) is 46.7 Å². The Morgan fingerprint density at radius 2 is 1.81 bits per heavy atom. The van der Waals surface area contributed by atoms with Crippen LogP contribution in [0.15, 0.2) is 24.3 Å². The number of aryl methyl sites for hydroxylation is 1. The maximum Gasteiger partial charge on any atom is 0.322 e. The summed E-state index contributed by atoms with van der Waals surface area (Å²) in [7, 11) is 0. The largest absolute Gasteiger partial charge is 0.339 e. The summed E-state index contributed by atoms with van der Waals surface area (Å²) in [4.78, 5) is 41.1. The summed E-state index contributed by atoms with van der Waals surface area (Å²) in [5, 5.41) is 4.80. The number of nitrogens with one attached hydrogen (secondary N) is 2. The fourth-order valence-electron chi connectivity index (χ4n) is 5.40. The molecule has 4 rings (SSSR count). The second kappa shape index (κ2) is 10.5. The zero-order chi connectivity index (χ0) is 22.5. The number of piperidine rings is 1. The smallest absolute Gasteiger partial charge is 0.322 e. The lowest BCUT2D eigenvalue weighted by atomic mass is 9.94. The van der Waals surface area contributed by atoms with Crippen LogP contribution >= 0.6 is 0 Å². The van der Waals surface area contributed by atoms with Gasteiger partial charge in [-0.3, -0.25) is 14.9 Å². The summed E-state index contributed by atoms with van der Waals surface area (Å²) in [6.45, 7) is 6.18. The van der Waals surface area contributed by atoms with Gasteiger partial charge in [0.25, 0.3) is 5.91 Å². The van der Waals surface area contributed by atoms with E-state index in [1.807, 2.05) is 4.90 Å². The fraction of sp³-hybridized carbons (Fsp3) is 0.640. The number of imide groups is 1. The Bertz CT molecular complexity index is 828. The van der Waals surface area contributed by atoms with Gasteiger partial charge in [-0.1, -0.05) is 37.1 Å². The molecule has 2 aliphatic heterocycles. The second-order valence-electron chi connectivity index (χ2n) is 9.67. The van der Waals surface area contributed by atoms with Crippen molar-refractivity contribution in [3.63, 3.8) is 0 Å². The molecule has 1 aromatic carbocycles. The first-order valence-electron chi connectivity index (χ1n) is 12.2. The Morgan fingerprint density at radius 3 is 2.47 bits per heavy atom. The van der Waals surface area contributed by atoms with E-state index >= 15 is 0 Å². The highest BCUT2D eigenvalue weighted by molar-refractivity contribution is 6.05. The first-order valence-corrected chi connectivity index (χ1v) is 12.2. The molecule has 2 heterocycles. The highest BCUT2D eigenvalue weighted by Gasteiger charge is 2.36. The number of likely N-dealkylation sites (tertiary alicyclic amines) is 1. The Balaban J connectivity index is 1.28. The van der Waals surface area contributed by atoms with Gasteiger partial charge in [-0.2, -0.15) is 0 Å². The van der Waals surface area contributed by atoms with Crippen LogP contribution in [0, 0.1) is 12.8 Å². The van der Waals surface area contributed by atoms with E-state index in [0.29, 0.717) is 5.92 Å². The minimum atomic E-state index is -0.734. The molecule has 1 aromatic rings. The van der Waals surface area contributed by atoms with E-state index in [1.165, 1.54) is 11.1 Å². The summed E-state index contributed by atoms with van der Waals surface area (Å²) in [5.41, 5.74) is 2.79. The maximum absolute atomic E-state index is 13.2. The lowest BCUT2D eigenvalue weighted by molar-refractivity contribution is -0.136. The number of amides is 4. The maximum atomic E-state index is 13.2. The van der Waals surface area contributed by atoms with Crippen molar-refractivity contribution in [2.75, 3.05) is 26.2 Å². The van der Waals surface area contributed by atoms with E-state index in [9.17, 15) is 14.4 Å². The number of rotatable bonds is 8. The van der Waals surface area contributed by atoms with Crippen LogP contribution in [0.3, 0.4) is 0 Å². The van der Waals surface area contributed by atoms with Crippen LogP contribution in [-0.4, -0.2) is 65.9 Å². The molecule has 1 unspecified atom stereocenters. The van der Waals surface area contributed by atoms with E-state index in [0.717, 1.165) is 71.1 Å². The third-order valence-electron chi connectivity index (χ3n) is 7.44. The molecule has 4 amide bonds. The van der Waals surface area contributed by atoms with E-state index < -0.39 is 18.0 Å². The third-order valence-corrected chi connectivity index (χ3v) is 7.44. The minimum absolute atomic E-state index is 0.00114. The van der Waals surface area contributed by atoms with Gasteiger partial charge in [0.15, 0.2) is 0 Å². The lowest BCUT2D eigenvalue weighted by Crippen LogP contribution is -2.47. The highest BCUT2D eigenvalue weighted by Crippen LogP contribution is 2.28. The predicted octanol–water partition coefficient (Wildman–Crippen LogP) is 2.62. The van der Waals surface area contributed by atoms with Gasteiger partial charge in [0, 0.05) is 19.1 Å². The molecule has 2 saturated heterocycles. The SMILES string of the molecule is Cc1ccccc1CCN1CCC(CN(C(=O)CC2NC(=O)NC2=O)C2CCCC2)CC1. The normalized spacial score (nSPS) is 22.7. The molecule has 1 aliphatic carbocycles. The average molecular weight is 441 g/mol. The molecule has 7 nitrogen and oxygen atoms in total. The van der Waals surface area contributed by atoms with Crippen LogP contribution in [0.2, 0.25) is 0 Å². The molecule has 3 fully saturated rings. The van der Waals surface area contributed by atoms with Crippen molar-refractivity contribution in [1.82, 2.24) is 20.4 Å². The van der Waals surface area contributed by atoms with Crippen molar-refractivity contribution in [3.8, 4) is 0 Å². The molecule has 0 radical (unpaired) electrons. The van der Waals surface area contributed by atoms with Crippen molar-refractivity contribution < 1.29 is 14.4 Å². The summed E-state index contributed by atoms with van der Waals surface area (Å²) in [6.07, 6.45) is 7.76. The molecule has 2 N–H and O–H groups in total. The van der Waals surface area contributed by atoms with Gasteiger partial charge in [-0.25, -0.2) is 4.79 Å². The third kappa shape index (κ3) is 5.68. The van der Waals surface area contributed by atoms with E-state index in [-0.39, 0.29) is 18.4 Å². The van der Waals surface area contributed by atoms with Gasteiger partial charge >= 0.3 is 6.03 Å². The Labute approximate surface area is 190 Å². The average Bonchev–Trinajstić information content (AvgIpc) is 3.42. The number of carbonyl (C=O) groups excluding carboxylic acids is 3. The molecular formula is C25H36N4O3. The van der Waals surface area contributed by atoms with Gasteiger partial charge in [0.05, 0.1) is 6.42 Å². The molecule has 0 spiro atoms. The van der Waals surface area contributed by atoms with Crippen LogP contribution in [0.4, 0.5) is 4.79 Å². The summed E-state index contributed by atoms with van der Waals surface area (Å²) < 4.78 is 0. The van der Waals surface area contributed by atoms with Crippen LogP contribution in [0.1, 0.15) is 56.1 Å². The monoisotopic (exact) mass is 440 g/mol. The van der Waals surface area contributed by atoms with Crippen molar-refractivity contribution in [2.24, 2.45) is 5.92 Å². The van der Waals surface area contributed by atoms with Crippen LogP contribution < -0.4 is 10.6 Å². The second-order valence-corrected chi connectivity index (χ2v) is 9.67. The Morgan fingerprint density at radius 1 is 1.09 bits per heavy atom. The van der Waals surface area contributed by atoms with Crippen molar-refractivity contribution in [2.45, 2.75) is 70.4 Å². The summed E-state index contributed by atoms with van der Waals surface area (Å²) in [6, 6.07) is 7.65. The van der Waals surface area contributed by atoms with Gasteiger partial charge in [-0.05, 0) is 69.2 Å². The first-order chi connectivity index (χ1) is 15.5. The molecule has 0 aromatic heterocycles. The van der Waals surface area contributed by atoms with Gasteiger partial charge < -0.3 is 15.1 Å². The highest BCUT2D eigenvalue weighted by atomic mass is 16.2. The fourth-order valence-corrected chi connectivity index (χ4v) is 5.40. The van der Waals surface area contributed by atoms with Crippen molar-refractivity contribution in [1.29, 1.82) is 0 Å². The summed E-state index contributed by atoms with van der Waals surface area (Å²) >= 11 is 0. The molecule has 0 bridgehead atoms. The topological polar surface area (TPSA) is 81.8 Å². The van der Waals surface area contributed by atoms with Gasteiger partial charge in [0.1, 0.15) is 6.04 Å². The molecule has 174 valence electrons. The molecular weight excluding hydrogens is 404 g/mol. The number of hydrogen-bond donors (Lipinski definition) is 2. The minimum Gasteiger partial charge on any atom is -0.339 e. The zero-order valence-electron chi connectivity index (χ0n) is 19.1. The first kappa shape index (κ1) is 22.8. The Hall–Kier alpha value is -2.41. The summed E-state index contributed by atoms with van der Waals surface area (Å²) in [5.74, 6) is 0.110. The number of nitrogens with zero attached hydrogens (tertiary/aromatic N) is 2. The van der Waals surface area contributed by atoms with Crippen LogP contribution in [0.5, 0.6) is 0 Å². The molecule has 32 heavy (non-hydrogen) atoms. The number of carbonyl (C=O) groups is 3. The Kier molecular flexibility index (Phi) is 7.45. The standard InChI is InChI=1S/C25H36N4O3/c1-18-6-2-3-7-20(18)12-15-28-13-10-19(11-14-28)17-29(21-8-4-5-9-21)23(30)16-22-24(31)27-25(32)26-22/h2-3,6-7,19,21-22H,4-5,8-17H2,1H3,(H2,26,27,31,32). The van der Waals surface area contributed by atoms with Crippen LogP contribution in [-0.2, 0) is 16.0 Å². The molecule has 7 heteroatoms. The van der Waals surface area contributed by atoms with Gasteiger partial charge in [0.2, 0.25) is 5.91 Å². The van der Waals surface area contributed by atoms with E-state index in [1.54, 1.807) is 0 Å². The number of hydrogen-bond acceptors (Lipinski definition) is 4. The van der Waals surface area contributed by atoms with Crippen LogP contribution in [0.25, 0.3) is 0 Å². The number of urea groups is 1. The lowest BCUT2D eigenvalue weighted by Gasteiger charge is -2.37.